The summed E-state index contributed by atoms with van der Waals surface area (Å²) in [5.74, 6) is -0.812. The van der Waals surface area contributed by atoms with Crippen LogP contribution in [0, 0.1) is 5.82 Å². The topological polar surface area (TPSA) is 61.9 Å². The number of carbonyl (C=O) groups is 2. The molecule has 0 atom stereocenters. The maximum Gasteiger partial charge on any atom is 0.251 e. The first-order valence-corrected chi connectivity index (χ1v) is 8.15. The maximum atomic E-state index is 13.1. The first-order valence-electron chi connectivity index (χ1n) is 8.15. The Balaban J connectivity index is 1.74. The molecule has 0 bridgehead atoms. The molecule has 0 spiro atoms. The molecule has 1 aliphatic rings. The van der Waals surface area contributed by atoms with Crippen molar-refractivity contribution >= 4 is 11.8 Å². The number of hydrogen-bond donors (Lipinski definition) is 1. The van der Waals surface area contributed by atoms with Crippen LogP contribution in [0.15, 0.2) is 24.3 Å². The highest BCUT2D eigenvalue weighted by atomic mass is 19.1. The number of nitrogens with zero attached hydrogens (tertiary/aromatic N) is 2. The molecule has 1 heterocycles. The lowest BCUT2D eigenvalue weighted by molar-refractivity contribution is -0.129. The van der Waals surface area contributed by atoms with E-state index in [2.05, 4.69) is 10.2 Å². The lowest BCUT2D eigenvalue weighted by atomic mass is 10.2. The van der Waals surface area contributed by atoms with Gasteiger partial charge in [0.25, 0.3) is 5.91 Å². The van der Waals surface area contributed by atoms with E-state index < -0.39 is 5.82 Å². The van der Waals surface area contributed by atoms with Gasteiger partial charge in [-0.2, -0.15) is 0 Å². The second-order valence-electron chi connectivity index (χ2n) is 5.73. The van der Waals surface area contributed by atoms with E-state index >= 15 is 0 Å². The third-order valence-corrected chi connectivity index (χ3v) is 3.99. The van der Waals surface area contributed by atoms with Gasteiger partial charge in [0, 0.05) is 51.8 Å². The number of carbonyl (C=O) groups excluding carboxylic acids is 2. The predicted molar refractivity (Wildman–Crippen MR) is 88.2 cm³/mol. The molecule has 0 radical (unpaired) electrons. The third kappa shape index (κ3) is 5.90. The Labute approximate surface area is 141 Å². The van der Waals surface area contributed by atoms with Crippen molar-refractivity contribution in [3.8, 4) is 0 Å². The minimum Gasteiger partial charge on any atom is -0.379 e. The van der Waals surface area contributed by atoms with Crippen molar-refractivity contribution in [1.29, 1.82) is 0 Å². The highest BCUT2D eigenvalue weighted by Gasteiger charge is 2.14. The average Bonchev–Trinajstić information content (AvgIpc) is 2.58. The van der Waals surface area contributed by atoms with Gasteiger partial charge < -0.3 is 15.0 Å². The Morgan fingerprint density at radius 2 is 2.04 bits per heavy atom. The van der Waals surface area contributed by atoms with E-state index in [4.69, 9.17) is 4.74 Å². The fourth-order valence-corrected chi connectivity index (χ4v) is 2.55. The fourth-order valence-electron chi connectivity index (χ4n) is 2.55. The molecule has 1 saturated heterocycles. The van der Waals surface area contributed by atoms with Crippen molar-refractivity contribution in [3.63, 3.8) is 0 Å². The molecule has 6 nitrogen and oxygen atoms in total. The van der Waals surface area contributed by atoms with E-state index in [-0.39, 0.29) is 17.4 Å². The van der Waals surface area contributed by atoms with E-state index in [1.165, 1.54) is 25.1 Å². The summed E-state index contributed by atoms with van der Waals surface area (Å²) in [6.07, 6.45) is 0. The Hall–Kier alpha value is -1.99. The largest absolute Gasteiger partial charge is 0.379 e. The Morgan fingerprint density at radius 1 is 1.29 bits per heavy atom. The van der Waals surface area contributed by atoms with Gasteiger partial charge in [0.15, 0.2) is 0 Å². The molecule has 132 valence electrons. The lowest BCUT2D eigenvalue weighted by Crippen LogP contribution is -2.44. The quantitative estimate of drug-likeness (QED) is 0.797. The fraction of sp³-hybridized carbons (Fsp3) is 0.529. The summed E-state index contributed by atoms with van der Waals surface area (Å²) >= 11 is 0. The zero-order valence-electron chi connectivity index (χ0n) is 14.0. The number of ether oxygens (including phenoxy) is 1. The van der Waals surface area contributed by atoms with Crippen molar-refractivity contribution < 1.29 is 18.7 Å². The summed E-state index contributed by atoms with van der Waals surface area (Å²) < 4.78 is 18.4. The molecule has 2 amide bonds. The lowest BCUT2D eigenvalue weighted by Gasteiger charge is -2.29. The molecule has 1 aliphatic heterocycles. The summed E-state index contributed by atoms with van der Waals surface area (Å²) in [6.45, 7) is 6.90. The Bertz CT molecular complexity index is 562. The van der Waals surface area contributed by atoms with Crippen LogP contribution >= 0.6 is 0 Å². The van der Waals surface area contributed by atoms with Crippen molar-refractivity contribution in [2.75, 3.05) is 52.5 Å². The van der Waals surface area contributed by atoms with Gasteiger partial charge in [-0.3, -0.25) is 14.5 Å². The monoisotopic (exact) mass is 337 g/mol. The van der Waals surface area contributed by atoms with Gasteiger partial charge in [0.1, 0.15) is 5.82 Å². The second kappa shape index (κ2) is 9.34. The van der Waals surface area contributed by atoms with Crippen LogP contribution in [0.3, 0.4) is 0 Å². The Kier molecular flexibility index (Phi) is 7.14. The van der Waals surface area contributed by atoms with Crippen molar-refractivity contribution in [2.45, 2.75) is 6.92 Å². The van der Waals surface area contributed by atoms with Gasteiger partial charge in [-0.15, -0.1) is 0 Å². The van der Waals surface area contributed by atoms with E-state index in [9.17, 15) is 14.0 Å². The van der Waals surface area contributed by atoms with Gasteiger partial charge in [-0.1, -0.05) is 6.07 Å². The number of amides is 2. The molecule has 1 aromatic carbocycles. The average molecular weight is 337 g/mol. The van der Waals surface area contributed by atoms with E-state index in [0.717, 1.165) is 32.8 Å². The van der Waals surface area contributed by atoms with Crippen LogP contribution in [0.4, 0.5) is 4.39 Å². The second-order valence-corrected chi connectivity index (χ2v) is 5.73. The molecule has 0 saturated carbocycles. The molecule has 0 unspecified atom stereocenters. The SMILES string of the molecule is CC(=O)N(CCNC(=O)c1cccc(F)c1)CCN1CCOCC1. The molecule has 1 fully saturated rings. The maximum absolute atomic E-state index is 13.1. The smallest absolute Gasteiger partial charge is 0.251 e. The van der Waals surface area contributed by atoms with Crippen LogP contribution < -0.4 is 5.32 Å². The molecule has 0 aliphatic carbocycles. The zero-order chi connectivity index (χ0) is 17.4. The predicted octanol–water partition coefficient (Wildman–Crippen LogP) is 0.736. The van der Waals surface area contributed by atoms with Crippen LogP contribution in [0.2, 0.25) is 0 Å². The molecule has 1 aromatic rings. The van der Waals surface area contributed by atoms with Crippen molar-refractivity contribution in [2.24, 2.45) is 0 Å². The van der Waals surface area contributed by atoms with Crippen LogP contribution in [-0.2, 0) is 9.53 Å². The summed E-state index contributed by atoms with van der Waals surface area (Å²) in [5.41, 5.74) is 0.276. The van der Waals surface area contributed by atoms with Gasteiger partial charge in [0.05, 0.1) is 13.2 Å². The molecular formula is C17H24FN3O3. The summed E-state index contributed by atoms with van der Waals surface area (Å²) in [4.78, 5) is 27.6. The van der Waals surface area contributed by atoms with Gasteiger partial charge in [0.2, 0.25) is 5.91 Å². The van der Waals surface area contributed by atoms with Crippen LogP contribution in [-0.4, -0.2) is 74.1 Å². The highest BCUT2D eigenvalue weighted by molar-refractivity contribution is 5.94. The van der Waals surface area contributed by atoms with Gasteiger partial charge >= 0.3 is 0 Å². The first-order chi connectivity index (χ1) is 11.6. The van der Waals surface area contributed by atoms with Crippen LogP contribution in [0.25, 0.3) is 0 Å². The van der Waals surface area contributed by atoms with Gasteiger partial charge in [-0.25, -0.2) is 4.39 Å². The number of nitrogens with one attached hydrogen (secondary N) is 1. The van der Waals surface area contributed by atoms with Crippen molar-refractivity contribution in [1.82, 2.24) is 15.1 Å². The minimum atomic E-state index is -0.446. The van der Waals surface area contributed by atoms with E-state index in [1.807, 2.05) is 0 Å². The molecule has 2 rings (SSSR count). The summed E-state index contributed by atoms with van der Waals surface area (Å²) in [7, 11) is 0. The van der Waals surface area contributed by atoms with E-state index in [0.29, 0.717) is 19.6 Å². The summed E-state index contributed by atoms with van der Waals surface area (Å²) in [5, 5.41) is 2.72. The van der Waals surface area contributed by atoms with Crippen LogP contribution in [0.1, 0.15) is 17.3 Å². The normalized spacial score (nSPS) is 15.1. The summed E-state index contributed by atoms with van der Waals surface area (Å²) in [6, 6.07) is 5.53. The minimum absolute atomic E-state index is 0.0248. The molecule has 7 heteroatoms. The molecule has 1 N–H and O–H groups in total. The highest BCUT2D eigenvalue weighted by Crippen LogP contribution is 2.03. The first kappa shape index (κ1) is 18.4. The number of halogens is 1. The number of benzene rings is 1. The van der Waals surface area contributed by atoms with Gasteiger partial charge in [-0.05, 0) is 18.2 Å². The number of hydrogen-bond acceptors (Lipinski definition) is 4. The number of morpholine rings is 1. The molecular weight excluding hydrogens is 313 g/mol. The Morgan fingerprint density at radius 3 is 2.71 bits per heavy atom. The number of rotatable bonds is 7. The standard InChI is InChI=1S/C17H24FN3O3/c1-14(22)21(8-7-20-9-11-24-12-10-20)6-5-19-17(23)15-3-2-4-16(18)13-15/h2-4,13H,5-12H2,1H3,(H,19,23). The van der Waals surface area contributed by atoms with Crippen LogP contribution in [0.5, 0.6) is 0 Å². The third-order valence-electron chi connectivity index (χ3n) is 3.99. The zero-order valence-corrected chi connectivity index (χ0v) is 14.0. The van der Waals surface area contributed by atoms with E-state index in [1.54, 1.807) is 11.0 Å². The molecule has 24 heavy (non-hydrogen) atoms. The van der Waals surface area contributed by atoms with Crippen molar-refractivity contribution in [3.05, 3.63) is 35.6 Å². The molecule has 0 aromatic heterocycles.